The third-order valence-corrected chi connectivity index (χ3v) is 7.49. The van der Waals surface area contributed by atoms with Crippen LogP contribution in [0.4, 0.5) is 0 Å². The lowest BCUT2D eigenvalue weighted by molar-refractivity contribution is 0.0382. The Hall–Kier alpha value is -1.29. The maximum atomic E-state index is 5.50. The fraction of sp³-hybridized carbons (Fsp3) is 0.579. The van der Waals surface area contributed by atoms with Gasteiger partial charge in [-0.3, -0.25) is 0 Å². The van der Waals surface area contributed by atoms with E-state index in [0.717, 1.165) is 35.0 Å². The first-order valence-electron chi connectivity index (χ1n) is 8.80. The second-order valence-electron chi connectivity index (χ2n) is 7.77. The van der Waals surface area contributed by atoms with Crippen LogP contribution in [0.25, 0.3) is 11.4 Å². The van der Waals surface area contributed by atoms with Crippen molar-refractivity contribution in [1.82, 2.24) is 10.1 Å². The normalized spacial score (nSPS) is 34.9. The number of aromatic nitrogens is 2. The second kappa shape index (κ2) is 5.37. The highest BCUT2D eigenvalue weighted by Crippen LogP contribution is 2.60. The van der Waals surface area contributed by atoms with Gasteiger partial charge in [0.1, 0.15) is 0 Å². The number of thioether (sulfide) groups is 1. The first-order chi connectivity index (χ1) is 11.3. The number of nitrogens with zero attached hydrogens (tertiary/aromatic N) is 2. The van der Waals surface area contributed by atoms with Crippen LogP contribution >= 0.6 is 11.8 Å². The second-order valence-corrected chi connectivity index (χ2v) is 9.21. The molecule has 4 aliphatic carbocycles. The first-order valence-corrected chi connectivity index (χ1v) is 9.79. The molecule has 120 valence electrons. The average molecular weight is 326 g/mol. The van der Waals surface area contributed by atoms with Crippen LogP contribution in [-0.2, 0) is 5.75 Å². The third-order valence-electron chi connectivity index (χ3n) is 5.98. The summed E-state index contributed by atoms with van der Waals surface area (Å²) >= 11 is 2.10. The van der Waals surface area contributed by atoms with Gasteiger partial charge in [-0.05, 0) is 56.3 Å². The maximum Gasteiger partial charge on any atom is 0.236 e. The van der Waals surface area contributed by atoms with E-state index in [1.165, 1.54) is 38.5 Å². The molecular formula is C19H22N2OS. The van der Waals surface area contributed by atoms with Crippen molar-refractivity contribution in [3.63, 3.8) is 0 Å². The molecule has 1 heterocycles. The largest absolute Gasteiger partial charge is 0.338 e. The highest BCUT2D eigenvalue weighted by molar-refractivity contribution is 7.99. The minimum atomic E-state index is 0.510. The topological polar surface area (TPSA) is 38.9 Å². The van der Waals surface area contributed by atoms with Crippen LogP contribution in [0.5, 0.6) is 0 Å². The molecule has 6 rings (SSSR count). The Bertz CT molecular complexity index is 661. The Morgan fingerprint density at radius 2 is 1.65 bits per heavy atom. The van der Waals surface area contributed by atoms with Gasteiger partial charge in [0, 0.05) is 10.3 Å². The highest BCUT2D eigenvalue weighted by atomic mass is 32.2. The number of hydrogen-bond donors (Lipinski definition) is 0. The zero-order valence-electron chi connectivity index (χ0n) is 13.3. The number of rotatable bonds is 4. The zero-order chi connectivity index (χ0) is 15.3. The van der Waals surface area contributed by atoms with E-state index in [2.05, 4.69) is 21.9 Å². The molecule has 0 saturated heterocycles. The molecule has 2 aromatic rings. The quantitative estimate of drug-likeness (QED) is 0.798. The molecule has 23 heavy (non-hydrogen) atoms. The predicted molar refractivity (Wildman–Crippen MR) is 91.9 cm³/mol. The molecule has 0 aliphatic heterocycles. The summed E-state index contributed by atoms with van der Waals surface area (Å²) in [5.41, 5.74) is 1.03. The molecule has 0 atom stereocenters. The maximum absolute atomic E-state index is 5.50. The third kappa shape index (κ3) is 2.61. The van der Waals surface area contributed by atoms with Crippen molar-refractivity contribution in [2.75, 3.05) is 0 Å². The van der Waals surface area contributed by atoms with Crippen LogP contribution in [0, 0.1) is 17.8 Å². The van der Waals surface area contributed by atoms with E-state index in [4.69, 9.17) is 4.52 Å². The first kappa shape index (κ1) is 14.1. The molecule has 0 spiro atoms. The fourth-order valence-corrected chi connectivity index (χ4v) is 7.05. The van der Waals surface area contributed by atoms with Crippen LogP contribution in [0.15, 0.2) is 34.9 Å². The standard InChI is InChI=1S/C19H22N2OS/c1-2-4-16(5-3-1)18-20-17(22-21-18)12-23-19-9-13-6-14(10-19)8-15(7-13)11-19/h1-5,13-15H,6-12H2. The monoisotopic (exact) mass is 326 g/mol. The van der Waals surface area contributed by atoms with Crippen molar-refractivity contribution in [3.8, 4) is 11.4 Å². The van der Waals surface area contributed by atoms with Crippen LogP contribution in [0.2, 0.25) is 0 Å². The number of hydrogen-bond acceptors (Lipinski definition) is 4. The van der Waals surface area contributed by atoms with E-state index in [0.29, 0.717) is 10.6 Å². The van der Waals surface area contributed by atoms with Gasteiger partial charge in [-0.1, -0.05) is 35.5 Å². The molecular weight excluding hydrogens is 304 g/mol. The van der Waals surface area contributed by atoms with Gasteiger partial charge in [0.05, 0.1) is 5.75 Å². The molecule has 0 unspecified atom stereocenters. The molecule has 4 fully saturated rings. The average Bonchev–Trinajstić information content (AvgIpc) is 3.02. The molecule has 0 radical (unpaired) electrons. The van der Waals surface area contributed by atoms with Crippen molar-refractivity contribution >= 4 is 11.8 Å². The fourth-order valence-electron chi connectivity index (χ4n) is 5.44. The van der Waals surface area contributed by atoms with Gasteiger partial charge in [-0.15, -0.1) is 11.8 Å². The van der Waals surface area contributed by atoms with E-state index in [1.54, 1.807) is 0 Å². The van der Waals surface area contributed by atoms with Gasteiger partial charge < -0.3 is 4.52 Å². The summed E-state index contributed by atoms with van der Waals surface area (Å²) in [6.07, 6.45) is 8.76. The molecule has 3 nitrogen and oxygen atoms in total. The van der Waals surface area contributed by atoms with Gasteiger partial charge in [-0.25, -0.2) is 0 Å². The van der Waals surface area contributed by atoms with Crippen LogP contribution in [0.3, 0.4) is 0 Å². The van der Waals surface area contributed by atoms with E-state index in [1.807, 2.05) is 30.3 Å². The van der Waals surface area contributed by atoms with E-state index in [-0.39, 0.29) is 0 Å². The van der Waals surface area contributed by atoms with Crippen LogP contribution in [-0.4, -0.2) is 14.9 Å². The summed E-state index contributed by atoms with van der Waals surface area (Å²) in [6, 6.07) is 10.1. The molecule has 4 heteroatoms. The molecule has 1 aromatic carbocycles. The molecule has 0 N–H and O–H groups in total. The summed E-state index contributed by atoms with van der Waals surface area (Å²) in [5.74, 6) is 5.35. The summed E-state index contributed by atoms with van der Waals surface area (Å²) < 4.78 is 6.01. The van der Waals surface area contributed by atoms with Crippen molar-refractivity contribution in [2.24, 2.45) is 17.8 Å². The number of benzene rings is 1. The summed E-state index contributed by atoms with van der Waals surface area (Å²) in [6.45, 7) is 0. The van der Waals surface area contributed by atoms with Crippen LogP contribution < -0.4 is 0 Å². The lowest BCUT2D eigenvalue weighted by Crippen LogP contribution is -2.48. The highest BCUT2D eigenvalue weighted by Gasteiger charge is 2.51. The van der Waals surface area contributed by atoms with E-state index < -0.39 is 0 Å². The summed E-state index contributed by atoms with van der Waals surface area (Å²) in [7, 11) is 0. The van der Waals surface area contributed by atoms with E-state index >= 15 is 0 Å². The van der Waals surface area contributed by atoms with Gasteiger partial charge in [-0.2, -0.15) is 4.98 Å². The lowest BCUT2D eigenvalue weighted by Gasteiger charge is -2.56. The van der Waals surface area contributed by atoms with Gasteiger partial charge in [0.2, 0.25) is 11.7 Å². The smallest absolute Gasteiger partial charge is 0.236 e. The van der Waals surface area contributed by atoms with Gasteiger partial charge >= 0.3 is 0 Å². The predicted octanol–water partition coefficient (Wildman–Crippen LogP) is 4.94. The summed E-state index contributed by atoms with van der Waals surface area (Å²) in [5, 5.41) is 4.15. The molecule has 0 amide bonds. The van der Waals surface area contributed by atoms with Crippen molar-refractivity contribution < 1.29 is 4.52 Å². The van der Waals surface area contributed by atoms with E-state index in [9.17, 15) is 0 Å². The van der Waals surface area contributed by atoms with Crippen molar-refractivity contribution in [2.45, 2.75) is 49.0 Å². The Morgan fingerprint density at radius 1 is 1.00 bits per heavy atom. The zero-order valence-corrected chi connectivity index (χ0v) is 14.1. The Labute approximate surface area is 141 Å². The molecule has 1 aromatic heterocycles. The SMILES string of the molecule is c1ccc(-c2noc(CSC34CC5CC(CC(C5)C3)C4)n2)cc1. The molecule has 4 saturated carbocycles. The Balaban J connectivity index is 1.29. The van der Waals surface area contributed by atoms with Crippen molar-refractivity contribution in [3.05, 3.63) is 36.2 Å². The molecule has 4 bridgehead atoms. The summed E-state index contributed by atoms with van der Waals surface area (Å²) in [4.78, 5) is 4.60. The lowest BCUT2D eigenvalue weighted by atomic mass is 9.56. The van der Waals surface area contributed by atoms with Crippen molar-refractivity contribution in [1.29, 1.82) is 0 Å². The van der Waals surface area contributed by atoms with Gasteiger partial charge in [0.25, 0.3) is 0 Å². The molecule has 4 aliphatic rings. The van der Waals surface area contributed by atoms with Gasteiger partial charge in [0.15, 0.2) is 0 Å². The Kier molecular flexibility index (Phi) is 3.29. The Morgan fingerprint density at radius 3 is 2.30 bits per heavy atom. The minimum absolute atomic E-state index is 0.510. The minimum Gasteiger partial charge on any atom is -0.338 e. The van der Waals surface area contributed by atoms with Crippen LogP contribution in [0.1, 0.15) is 44.4 Å².